The molecule has 7 heteroatoms. The maximum atomic E-state index is 12.4. The fourth-order valence-corrected chi connectivity index (χ4v) is 3.73. The van der Waals surface area contributed by atoms with Crippen LogP contribution in [0.3, 0.4) is 0 Å². The molecule has 0 aliphatic carbocycles. The van der Waals surface area contributed by atoms with Gasteiger partial charge < -0.3 is 14.8 Å². The summed E-state index contributed by atoms with van der Waals surface area (Å²) in [5.41, 5.74) is 1.58. The van der Waals surface area contributed by atoms with E-state index in [1.807, 2.05) is 13.8 Å². The molecule has 2 N–H and O–H groups in total. The van der Waals surface area contributed by atoms with Gasteiger partial charge in [-0.25, -0.2) is 4.98 Å². The van der Waals surface area contributed by atoms with Crippen LogP contribution in [0.2, 0.25) is 0 Å². The van der Waals surface area contributed by atoms with E-state index < -0.39 is 6.10 Å². The summed E-state index contributed by atoms with van der Waals surface area (Å²) >= 11 is 1.64. The predicted molar refractivity (Wildman–Crippen MR) is 92.2 cm³/mol. The zero-order chi connectivity index (χ0) is 17.3. The number of aryl methyl sites for hydroxylation is 3. The number of carbonyl (C=O) groups is 1. The van der Waals surface area contributed by atoms with E-state index in [1.54, 1.807) is 24.3 Å². The van der Waals surface area contributed by atoms with Crippen molar-refractivity contribution in [3.05, 3.63) is 39.2 Å². The number of piperidine rings is 1. The number of aromatic nitrogens is 1. The quantitative estimate of drug-likeness (QED) is 0.883. The SMILES string of the molecule is Cc1cc(C(=O)N[C@@H]2CCN(Cc3csc(C)n3)C[C@H]2O)c(C)o1. The lowest BCUT2D eigenvalue weighted by Gasteiger charge is -2.35. The Morgan fingerprint density at radius 2 is 2.29 bits per heavy atom. The number of furan rings is 1. The zero-order valence-corrected chi connectivity index (χ0v) is 15.0. The molecular formula is C17H23N3O3S. The Labute approximate surface area is 145 Å². The van der Waals surface area contributed by atoms with Crippen LogP contribution in [0.4, 0.5) is 0 Å². The number of aliphatic hydroxyl groups excluding tert-OH is 1. The molecule has 0 aromatic carbocycles. The summed E-state index contributed by atoms with van der Waals surface area (Å²) in [4.78, 5) is 19.0. The average molecular weight is 349 g/mol. The van der Waals surface area contributed by atoms with E-state index in [1.165, 1.54) is 0 Å². The number of nitrogens with one attached hydrogen (secondary N) is 1. The zero-order valence-electron chi connectivity index (χ0n) is 14.2. The summed E-state index contributed by atoms with van der Waals surface area (Å²) in [6.45, 7) is 7.67. The van der Waals surface area contributed by atoms with Crippen LogP contribution in [0.5, 0.6) is 0 Å². The van der Waals surface area contributed by atoms with Crippen molar-refractivity contribution in [3.63, 3.8) is 0 Å². The standard InChI is InChI=1S/C17H23N3O3S/c1-10-6-14(11(2)23-10)17(22)19-15-4-5-20(8-16(15)21)7-13-9-24-12(3)18-13/h6,9,15-16,21H,4-5,7-8H2,1-3H3,(H,19,22)/t15-,16-/m1/s1. The van der Waals surface area contributed by atoms with Crippen LogP contribution in [0.25, 0.3) is 0 Å². The fourth-order valence-electron chi connectivity index (χ4n) is 3.12. The molecule has 2 atom stereocenters. The Balaban J connectivity index is 1.55. The molecule has 130 valence electrons. The van der Waals surface area contributed by atoms with Gasteiger partial charge >= 0.3 is 0 Å². The summed E-state index contributed by atoms with van der Waals surface area (Å²) in [5.74, 6) is 1.14. The van der Waals surface area contributed by atoms with Crippen LogP contribution in [0, 0.1) is 20.8 Å². The molecule has 0 bridgehead atoms. The first-order valence-corrected chi connectivity index (χ1v) is 8.99. The largest absolute Gasteiger partial charge is 0.466 e. The number of hydrogen-bond acceptors (Lipinski definition) is 6. The van der Waals surface area contributed by atoms with E-state index in [2.05, 4.69) is 20.6 Å². The molecule has 24 heavy (non-hydrogen) atoms. The number of thiazole rings is 1. The van der Waals surface area contributed by atoms with Crippen molar-refractivity contribution in [2.24, 2.45) is 0 Å². The van der Waals surface area contributed by atoms with Crippen molar-refractivity contribution in [1.29, 1.82) is 0 Å². The van der Waals surface area contributed by atoms with Gasteiger partial charge in [-0.3, -0.25) is 9.69 Å². The maximum absolute atomic E-state index is 12.4. The van der Waals surface area contributed by atoms with Crippen molar-refractivity contribution < 1.29 is 14.3 Å². The van der Waals surface area contributed by atoms with Gasteiger partial charge in [-0.1, -0.05) is 0 Å². The first-order valence-electron chi connectivity index (χ1n) is 8.11. The van der Waals surface area contributed by atoms with Crippen molar-refractivity contribution in [2.75, 3.05) is 13.1 Å². The molecule has 1 fully saturated rings. The fraction of sp³-hybridized carbons (Fsp3) is 0.529. The first-order chi connectivity index (χ1) is 11.4. The smallest absolute Gasteiger partial charge is 0.255 e. The van der Waals surface area contributed by atoms with Crippen molar-refractivity contribution in [1.82, 2.24) is 15.2 Å². The van der Waals surface area contributed by atoms with Gasteiger partial charge in [0.1, 0.15) is 11.5 Å². The van der Waals surface area contributed by atoms with Gasteiger partial charge in [0.2, 0.25) is 0 Å². The molecule has 2 aromatic rings. The summed E-state index contributed by atoms with van der Waals surface area (Å²) in [7, 11) is 0. The van der Waals surface area contributed by atoms with E-state index in [0.29, 0.717) is 30.0 Å². The van der Waals surface area contributed by atoms with Gasteiger partial charge in [-0.15, -0.1) is 11.3 Å². The predicted octanol–water partition coefficient (Wildman–Crippen LogP) is 2.03. The van der Waals surface area contributed by atoms with Crippen LogP contribution in [-0.4, -0.2) is 46.1 Å². The Hall–Kier alpha value is -1.70. The van der Waals surface area contributed by atoms with Gasteiger partial charge in [-0.05, 0) is 33.3 Å². The summed E-state index contributed by atoms with van der Waals surface area (Å²) < 4.78 is 5.40. The van der Waals surface area contributed by atoms with Gasteiger partial charge in [0.15, 0.2) is 0 Å². The number of aliphatic hydroxyl groups is 1. The first kappa shape index (κ1) is 17.1. The van der Waals surface area contributed by atoms with Gasteiger partial charge in [0.25, 0.3) is 5.91 Å². The third-order valence-electron chi connectivity index (χ3n) is 4.32. The molecule has 0 saturated carbocycles. The molecule has 1 saturated heterocycles. The summed E-state index contributed by atoms with van der Waals surface area (Å²) in [6.07, 6.45) is 0.127. The Morgan fingerprint density at radius 1 is 1.50 bits per heavy atom. The Kier molecular flexibility index (Phi) is 5.03. The molecule has 0 radical (unpaired) electrons. The lowest BCUT2D eigenvalue weighted by Crippen LogP contribution is -2.53. The number of carbonyl (C=O) groups excluding carboxylic acids is 1. The molecule has 2 aromatic heterocycles. The van der Waals surface area contributed by atoms with E-state index in [-0.39, 0.29) is 11.9 Å². The molecule has 1 aliphatic heterocycles. The van der Waals surface area contributed by atoms with E-state index >= 15 is 0 Å². The highest BCUT2D eigenvalue weighted by molar-refractivity contribution is 7.09. The molecule has 3 rings (SSSR count). The number of likely N-dealkylation sites (tertiary alicyclic amines) is 1. The molecule has 3 heterocycles. The Bertz CT molecular complexity index is 724. The number of amides is 1. The molecule has 0 spiro atoms. The van der Waals surface area contributed by atoms with E-state index in [9.17, 15) is 9.90 Å². The lowest BCUT2D eigenvalue weighted by atomic mass is 10.0. The van der Waals surface area contributed by atoms with Crippen LogP contribution < -0.4 is 5.32 Å². The third kappa shape index (κ3) is 3.85. The Morgan fingerprint density at radius 3 is 2.88 bits per heavy atom. The summed E-state index contributed by atoms with van der Waals surface area (Å²) in [6, 6.07) is 1.50. The molecule has 1 amide bonds. The highest BCUT2D eigenvalue weighted by Crippen LogP contribution is 2.18. The maximum Gasteiger partial charge on any atom is 0.255 e. The second-order valence-corrected chi connectivity index (χ2v) is 7.42. The minimum absolute atomic E-state index is 0.183. The van der Waals surface area contributed by atoms with Crippen LogP contribution in [0.1, 0.15) is 39.0 Å². The average Bonchev–Trinajstić information content (AvgIpc) is 3.07. The number of rotatable bonds is 4. The second-order valence-electron chi connectivity index (χ2n) is 6.36. The highest BCUT2D eigenvalue weighted by Gasteiger charge is 2.30. The second kappa shape index (κ2) is 7.04. The van der Waals surface area contributed by atoms with Crippen molar-refractivity contribution >= 4 is 17.2 Å². The summed E-state index contributed by atoms with van der Waals surface area (Å²) in [5, 5.41) is 16.4. The highest BCUT2D eigenvalue weighted by atomic mass is 32.1. The van der Waals surface area contributed by atoms with Crippen LogP contribution in [-0.2, 0) is 6.54 Å². The van der Waals surface area contributed by atoms with Gasteiger partial charge in [0, 0.05) is 25.0 Å². The van der Waals surface area contributed by atoms with Gasteiger partial charge in [0.05, 0.1) is 28.4 Å². The topological polar surface area (TPSA) is 78.6 Å². The monoisotopic (exact) mass is 349 g/mol. The van der Waals surface area contributed by atoms with Crippen LogP contribution >= 0.6 is 11.3 Å². The number of β-amino-alcohol motifs (C(OH)–C–C–N with tert-alkyl or cyclic N) is 1. The minimum Gasteiger partial charge on any atom is -0.466 e. The normalized spacial score (nSPS) is 21.8. The van der Waals surface area contributed by atoms with Gasteiger partial charge in [-0.2, -0.15) is 0 Å². The van der Waals surface area contributed by atoms with Crippen LogP contribution in [0.15, 0.2) is 15.9 Å². The van der Waals surface area contributed by atoms with E-state index in [0.717, 1.165) is 23.8 Å². The molecule has 0 unspecified atom stereocenters. The number of hydrogen-bond donors (Lipinski definition) is 2. The molecular weight excluding hydrogens is 326 g/mol. The van der Waals surface area contributed by atoms with Crippen molar-refractivity contribution in [2.45, 2.75) is 45.9 Å². The number of nitrogens with zero attached hydrogens (tertiary/aromatic N) is 2. The van der Waals surface area contributed by atoms with E-state index in [4.69, 9.17) is 4.42 Å². The van der Waals surface area contributed by atoms with Crippen molar-refractivity contribution in [3.8, 4) is 0 Å². The lowest BCUT2D eigenvalue weighted by molar-refractivity contribution is 0.0345. The molecule has 6 nitrogen and oxygen atoms in total. The molecule has 1 aliphatic rings. The third-order valence-corrected chi connectivity index (χ3v) is 5.14. The minimum atomic E-state index is -0.587.